The Hall–Kier alpha value is -2.78. The largest absolute Gasteiger partial charge is 0.478 e. The van der Waals surface area contributed by atoms with Gasteiger partial charge in [0.1, 0.15) is 4.32 Å². The van der Waals surface area contributed by atoms with E-state index < -0.39 is 5.82 Å². The lowest BCUT2D eigenvalue weighted by molar-refractivity contribution is -0.121. The van der Waals surface area contributed by atoms with Gasteiger partial charge in [0.05, 0.1) is 17.1 Å². The van der Waals surface area contributed by atoms with Gasteiger partial charge in [-0.1, -0.05) is 65.5 Å². The van der Waals surface area contributed by atoms with Crippen molar-refractivity contribution in [2.75, 3.05) is 11.5 Å². The van der Waals surface area contributed by atoms with Crippen molar-refractivity contribution in [1.82, 2.24) is 10.3 Å². The van der Waals surface area contributed by atoms with E-state index in [2.05, 4.69) is 46.9 Å². The summed E-state index contributed by atoms with van der Waals surface area (Å²) in [6.07, 6.45) is 1.56. The van der Waals surface area contributed by atoms with Crippen LogP contribution in [0.25, 0.3) is 6.08 Å². The molecule has 0 unspecified atom stereocenters. The zero-order valence-corrected chi connectivity index (χ0v) is 22.2. The highest BCUT2D eigenvalue weighted by molar-refractivity contribution is 8.26. The molecular weight excluding hydrogens is 485 g/mol. The molecule has 4 rings (SSSR count). The molecule has 0 spiro atoms. The molecule has 0 bridgehead atoms. The summed E-state index contributed by atoms with van der Waals surface area (Å²) in [5.74, 6) is -1.18. The molecule has 1 N–H and O–H groups in total. The molecule has 2 aliphatic rings. The molecule has 1 saturated heterocycles. The fourth-order valence-electron chi connectivity index (χ4n) is 3.75. The molecule has 1 aromatic carbocycles. The predicted molar refractivity (Wildman–Crippen MR) is 141 cm³/mol. The van der Waals surface area contributed by atoms with Crippen LogP contribution in [0.3, 0.4) is 0 Å². The van der Waals surface area contributed by atoms with Crippen molar-refractivity contribution >= 4 is 51.9 Å². The van der Waals surface area contributed by atoms with Crippen molar-refractivity contribution in [2.45, 2.75) is 58.9 Å². The minimum Gasteiger partial charge on any atom is -0.478 e. The first-order valence-corrected chi connectivity index (χ1v) is 12.5. The van der Waals surface area contributed by atoms with E-state index in [-0.39, 0.29) is 41.5 Å². The number of ether oxygens (including phenoxy) is 1. The summed E-state index contributed by atoms with van der Waals surface area (Å²) >= 11 is 6.14. The van der Waals surface area contributed by atoms with Gasteiger partial charge in [-0.05, 0) is 41.5 Å². The van der Waals surface area contributed by atoms with E-state index in [0.29, 0.717) is 20.5 Å². The molecule has 1 fully saturated rings. The Labute approximate surface area is 214 Å². The van der Waals surface area contributed by atoms with Crippen molar-refractivity contribution in [3.05, 3.63) is 57.5 Å². The van der Waals surface area contributed by atoms with E-state index in [0.717, 1.165) is 28.7 Å². The van der Waals surface area contributed by atoms with Crippen LogP contribution in [0.15, 0.2) is 29.2 Å². The first-order valence-electron chi connectivity index (χ1n) is 11.3. The van der Waals surface area contributed by atoms with Crippen LogP contribution in [-0.2, 0) is 27.0 Å². The molecule has 0 atom stereocenters. The molecule has 2 aliphatic heterocycles. The van der Waals surface area contributed by atoms with Gasteiger partial charge < -0.3 is 15.0 Å². The minimum absolute atomic E-state index is 0.0203. The summed E-state index contributed by atoms with van der Waals surface area (Å²) in [4.78, 5) is 31.8. The Morgan fingerprint density at radius 3 is 2.29 bits per heavy atom. The number of fused-ring (bicyclic) bond motifs is 1. The fourth-order valence-corrected chi connectivity index (χ4v) is 4.79. The molecule has 2 amide bonds. The molecule has 184 valence electrons. The summed E-state index contributed by atoms with van der Waals surface area (Å²) in [6, 6.07) is 6.95. The Morgan fingerprint density at radius 2 is 1.74 bits per heavy atom. The second-order valence-electron chi connectivity index (χ2n) is 10.7. The van der Waals surface area contributed by atoms with Crippen molar-refractivity contribution < 1.29 is 18.7 Å². The van der Waals surface area contributed by atoms with Crippen LogP contribution in [0.1, 0.15) is 64.1 Å². The quantitative estimate of drug-likeness (QED) is 0.448. The SMILES string of the molecule is CC(C)(C)c1cc(CN2C(=O)COc3c(F)cc(C=C4SC(=S)NC4=O)cc32)cc(C(C)(C)C)n1. The fraction of sp³-hybridized carbons (Fsp3) is 0.385. The number of anilines is 1. The number of benzene rings is 1. The van der Waals surface area contributed by atoms with Crippen molar-refractivity contribution in [3.8, 4) is 5.75 Å². The standard InChI is InChI=1S/C26H28FN3O3S2/c1-25(2,3)19-10-15(11-20(28-19)26(4,5)6)12-30-17-8-14(9-18-23(32)29-24(34)35-18)7-16(27)22(17)33-13-21(30)31/h7-11H,12-13H2,1-6H3,(H,29,32,34). The highest BCUT2D eigenvalue weighted by Gasteiger charge is 2.31. The summed E-state index contributed by atoms with van der Waals surface area (Å²) in [5, 5.41) is 2.55. The normalized spacial score (nSPS) is 17.5. The molecule has 2 aromatic rings. The van der Waals surface area contributed by atoms with Gasteiger partial charge in [-0.25, -0.2) is 4.39 Å². The number of aromatic nitrogens is 1. The number of nitrogens with one attached hydrogen (secondary N) is 1. The number of carbonyl (C=O) groups excluding carboxylic acids is 2. The Balaban J connectivity index is 1.77. The third kappa shape index (κ3) is 5.41. The van der Waals surface area contributed by atoms with Crippen LogP contribution in [0.4, 0.5) is 10.1 Å². The molecule has 0 aliphatic carbocycles. The molecule has 3 heterocycles. The molecule has 6 nitrogen and oxygen atoms in total. The molecule has 0 saturated carbocycles. The zero-order chi connectivity index (χ0) is 25.7. The summed E-state index contributed by atoms with van der Waals surface area (Å²) in [7, 11) is 0. The van der Waals surface area contributed by atoms with Crippen LogP contribution < -0.4 is 15.0 Å². The Morgan fingerprint density at radius 1 is 1.11 bits per heavy atom. The van der Waals surface area contributed by atoms with Crippen LogP contribution in [0.5, 0.6) is 5.75 Å². The average molecular weight is 514 g/mol. The van der Waals surface area contributed by atoms with E-state index in [4.69, 9.17) is 21.9 Å². The molecule has 1 aromatic heterocycles. The van der Waals surface area contributed by atoms with Crippen molar-refractivity contribution in [2.24, 2.45) is 0 Å². The van der Waals surface area contributed by atoms with E-state index in [9.17, 15) is 9.59 Å². The van der Waals surface area contributed by atoms with Crippen molar-refractivity contribution in [3.63, 3.8) is 0 Å². The van der Waals surface area contributed by atoms with Gasteiger partial charge in [-0.3, -0.25) is 14.6 Å². The highest BCUT2D eigenvalue weighted by atomic mass is 32.2. The van der Waals surface area contributed by atoms with Gasteiger partial charge >= 0.3 is 0 Å². The maximum absolute atomic E-state index is 15.0. The highest BCUT2D eigenvalue weighted by Crippen LogP contribution is 2.38. The number of nitrogens with zero attached hydrogens (tertiary/aromatic N) is 2. The van der Waals surface area contributed by atoms with Gasteiger partial charge in [-0.2, -0.15) is 0 Å². The minimum atomic E-state index is -0.599. The number of amides is 2. The average Bonchev–Trinajstić information content (AvgIpc) is 3.05. The first-order chi connectivity index (χ1) is 16.2. The maximum Gasteiger partial charge on any atom is 0.265 e. The van der Waals surface area contributed by atoms with Crippen LogP contribution >= 0.6 is 24.0 Å². The molecule has 0 radical (unpaired) electrons. The van der Waals surface area contributed by atoms with E-state index in [1.807, 2.05) is 12.1 Å². The van der Waals surface area contributed by atoms with Gasteiger partial charge in [0.25, 0.3) is 11.8 Å². The number of hydrogen-bond acceptors (Lipinski definition) is 6. The number of rotatable bonds is 3. The summed E-state index contributed by atoms with van der Waals surface area (Å²) in [5.41, 5.74) is 3.13. The van der Waals surface area contributed by atoms with Crippen LogP contribution in [-0.4, -0.2) is 27.7 Å². The molecule has 35 heavy (non-hydrogen) atoms. The second-order valence-corrected chi connectivity index (χ2v) is 12.4. The maximum atomic E-state index is 15.0. The number of pyridine rings is 1. The Bertz CT molecular complexity index is 1240. The van der Waals surface area contributed by atoms with E-state index in [1.165, 1.54) is 11.0 Å². The Kier molecular flexibility index (Phi) is 6.53. The second kappa shape index (κ2) is 9.02. The third-order valence-electron chi connectivity index (χ3n) is 5.68. The lowest BCUT2D eigenvalue weighted by Gasteiger charge is -2.31. The molecular formula is C26H28FN3O3S2. The van der Waals surface area contributed by atoms with E-state index >= 15 is 4.39 Å². The lowest BCUT2D eigenvalue weighted by atomic mass is 9.86. The summed E-state index contributed by atoms with van der Waals surface area (Å²) < 4.78 is 20.8. The monoisotopic (exact) mass is 513 g/mol. The van der Waals surface area contributed by atoms with Gasteiger partial charge in [-0.15, -0.1) is 0 Å². The zero-order valence-electron chi connectivity index (χ0n) is 20.6. The smallest absolute Gasteiger partial charge is 0.265 e. The van der Waals surface area contributed by atoms with Crippen LogP contribution in [0, 0.1) is 5.82 Å². The number of carbonyl (C=O) groups is 2. The van der Waals surface area contributed by atoms with E-state index in [1.54, 1.807) is 12.1 Å². The number of hydrogen-bond donors (Lipinski definition) is 1. The summed E-state index contributed by atoms with van der Waals surface area (Å²) in [6.45, 7) is 12.6. The predicted octanol–water partition coefficient (Wildman–Crippen LogP) is 5.23. The van der Waals surface area contributed by atoms with Gasteiger partial charge in [0.15, 0.2) is 18.2 Å². The first kappa shape index (κ1) is 25.3. The van der Waals surface area contributed by atoms with Crippen LogP contribution in [0.2, 0.25) is 0 Å². The third-order valence-corrected chi connectivity index (χ3v) is 6.84. The number of halogens is 1. The lowest BCUT2D eigenvalue weighted by Crippen LogP contribution is -2.39. The van der Waals surface area contributed by atoms with Gasteiger partial charge in [0, 0.05) is 22.2 Å². The van der Waals surface area contributed by atoms with Gasteiger partial charge in [0.2, 0.25) is 0 Å². The van der Waals surface area contributed by atoms with Crippen molar-refractivity contribution in [1.29, 1.82) is 0 Å². The molecule has 9 heteroatoms. The number of thiocarbonyl (C=S) groups is 1. The number of thioether (sulfide) groups is 1. The topological polar surface area (TPSA) is 71.5 Å².